The van der Waals surface area contributed by atoms with E-state index in [0.717, 1.165) is 19.1 Å². The van der Waals surface area contributed by atoms with Gasteiger partial charge >= 0.3 is 51.4 Å². The molecule has 1 unspecified atom stereocenters. The Morgan fingerprint density at radius 2 is 2.11 bits per heavy atom. The van der Waals surface area contributed by atoms with Gasteiger partial charge in [-0.3, -0.25) is 0 Å². The van der Waals surface area contributed by atoms with E-state index in [-0.39, 0.29) is 51.4 Å². The summed E-state index contributed by atoms with van der Waals surface area (Å²) in [4.78, 5) is 2.25. The van der Waals surface area contributed by atoms with E-state index in [1.807, 2.05) is 0 Å². The first-order valence-electron chi connectivity index (χ1n) is 3.10. The Balaban J connectivity index is 0.000000640. The van der Waals surface area contributed by atoms with Crippen LogP contribution in [-0.2, 0) is 0 Å². The molecule has 1 rings (SSSR count). The van der Waals surface area contributed by atoms with E-state index in [0.29, 0.717) is 0 Å². The van der Waals surface area contributed by atoms with Crippen LogP contribution in [0, 0.1) is 0 Å². The second kappa shape index (κ2) is 5.24. The topological polar surface area (TPSA) is 17.3 Å². The van der Waals surface area contributed by atoms with Crippen molar-refractivity contribution in [2.24, 2.45) is 0 Å². The van der Waals surface area contributed by atoms with E-state index in [9.17, 15) is 0 Å². The summed E-state index contributed by atoms with van der Waals surface area (Å²) in [5, 5.41) is 4.24. The molecule has 0 aromatic carbocycles. The van der Waals surface area contributed by atoms with Crippen molar-refractivity contribution >= 4 is 0 Å². The maximum Gasteiger partial charge on any atom is 1.00 e. The molecule has 1 aliphatic heterocycles. The third kappa shape index (κ3) is 3.46. The molecule has 3 heteroatoms. The second-order valence-electron chi connectivity index (χ2n) is 2.54. The fourth-order valence-corrected chi connectivity index (χ4v) is 0.993. The second-order valence-corrected chi connectivity index (χ2v) is 2.54. The summed E-state index contributed by atoms with van der Waals surface area (Å²) in [5.74, 6) is 0. The van der Waals surface area contributed by atoms with Crippen LogP contribution < -0.4 is 51.4 Å². The fraction of sp³-hybridized carbons (Fsp3) is 1.00. The fourth-order valence-electron chi connectivity index (χ4n) is 0.993. The quantitative estimate of drug-likeness (QED) is 0.386. The van der Waals surface area contributed by atoms with Crippen LogP contribution in [0.1, 0.15) is 6.42 Å². The smallest absolute Gasteiger partial charge is 0.661 e. The van der Waals surface area contributed by atoms with E-state index in [1.165, 1.54) is 6.42 Å². The van der Waals surface area contributed by atoms with Gasteiger partial charge in [-0.25, -0.2) is 0 Å². The minimum absolute atomic E-state index is 0. The van der Waals surface area contributed by atoms with Gasteiger partial charge in [-0.15, -0.1) is 13.1 Å². The van der Waals surface area contributed by atoms with Crippen molar-refractivity contribution < 1.29 is 51.4 Å². The van der Waals surface area contributed by atoms with Gasteiger partial charge in [-0.05, 0) is 20.1 Å². The van der Waals surface area contributed by atoms with Gasteiger partial charge in [0, 0.05) is 0 Å². The summed E-state index contributed by atoms with van der Waals surface area (Å²) in [6.07, 6.45) is 1.26. The molecule has 0 N–H and O–H groups in total. The molecule has 0 spiro atoms. The van der Waals surface area contributed by atoms with Crippen LogP contribution >= 0.6 is 0 Å². The number of hydrogen-bond donors (Lipinski definition) is 0. The van der Waals surface area contributed by atoms with Gasteiger partial charge in [0.05, 0.1) is 0 Å². The Labute approximate surface area is 99.8 Å². The van der Waals surface area contributed by atoms with Gasteiger partial charge in [0.25, 0.3) is 0 Å². The van der Waals surface area contributed by atoms with Gasteiger partial charge < -0.3 is 10.2 Å². The Bertz CT molecular complexity index is 69.5. The Kier molecular flexibility index (Phi) is 6.14. The third-order valence-corrected chi connectivity index (χ3v) is 1.69. The van der Waals surface area contributed by atoms with Crippen LogP contribution in [0.25, 0.3) is 5.32 Å². The molecule has 9 heavy (non-hydrogen) atoms. The van der Waals surface area contributed by atoms with E-state index < -0.39 is 0 Å². The first-order chi connectivity index (χ1) is 3.80. The van der Waals surface area contributed by atoms with Gasteiger partial charge in [-0.2, -0.15) is 0 Å². The summed E-state index contributed by atoms with van der Waals surface area (Å²) in [5.41, 5.74) is 0. The maximum atomic E-state index is 4.24. The summed E-state index contributed by atoms with van der Waals surface area (Å²) in [6.45, 7) is 2.12. The predicted octanol–water partition coefficient (Wildman–Crippen LogP) is -2.30. The van der Waals surface area contributed by atoms with E-state index in [4.69, 9.17) is 0 Å². The molecule has 0 aromatic rings. The molecular formula is C6H13KN2. The standard InChI is InChI=1S/C6H13N2.K/c1-8(2)6-3-4-7-5-6;/h6H,3-5H2,1-2H3;/q-1;+1. The van der Waals surface area contributed by atoms with Crippen LogP contribution in [0.4, 0.5) is 0 Å². The van der Waals surface area contributed by atoms with Crippen molar-refractivity contribution in [2.45, 2.75) is 12.5 Å². The monoisotopic (exact) mass is 152 g/mol. The molecule has 0 aliphatic carbocycles. The predicted molar refractivity (Wildman–Crippen MR) is 35.2 cm³/mol. The van der Waals surface area contributed by atoms with Crippen molar-refractivity contribution in [1.29, 1.82) is 0 Å². The summed E-state index contributed by atoms with van der Waals surface area (Å²) >= 11 is 0. The van der Waals surface area contributed by atoms with E-state index in [2.05, 4.69) is 24.3 Å². The van der Waals surface area contributed by atoms with Crippen LogP contribution in [0.15, 0.2) is 0 Å². The molecule has 0 bridgehead atoms. The van der Waals surface area contributed by atoms with E-state index in [1.54, 1.807) is 0 Å². The number of hydrogen-bond acceptors (Lipinski definition) is 1. The van der Waals surface area contributed by atoms with E-state index >= 15 is 0 Å². The average Bonchev–Trinajstić information content (AvgIpc) is 2.12. The maximum absolute atomic E-state index is 4.24. The van der Waals surface area contributed by atoms with Gasteiger partial charge in [0.2, 0.25) is 0 Å². The molecule has 0 saturated carbocycles. The van der Waals surface area contributed by atoms with Gasteiger partial charge in [0.1, 0.15) is 0 Å². The van der Waals surface area contributed by atoms with Gasteiger partial charge in [0.15, 0.2) is 0 Å². The van der Waals surface area contributed by atoms with Crippen LogP contribution in [0.2, 0.25) is 0 Å². The summed E-state index contributed by atoms with van der Waals surface area (Å²) < 4.78 is 0. The number of likely N-dealkylation sites (N-methyl/N-ethyl adjacent to an activating group) is 1. The van der Waals surface area contributed by atoms with Crippen molar-refractivity contribution in [3.8, 4) is 0 Å². The van der Waals surface area contributed by atoms with Crippen molar-refractivity contribution in [3.05, 3.63) is 5.32 Å². The van der Waals surface area contributed by atoms with Crippen LogP contribution in [0.3, 0.4) is 0 Å². The molecule has 1 fully saturated rings. The minimum Gasteiger partial charge on any atom is -0.661 e. The zero-order valence-corrected chi connectivity index (χ0v) is 9.72. The van der Waals surface area contributed by atoms with Gasteiger partial charge in [-0.1, -0.05) is 6.42 Å². The molecule has 0 aromatic heterocycles. The summed E-state index contributed by atoms with van der Waals surface area (Å²) in [7, 11) is 4.23. The largest absolute Gasteiger partial charge is 1.00 e. The van der Waals surface area contributed by atoms with Crippen LogP contribution in [0.5, 0.6) is 0 Å². The first kappa shape index (κ1) is 10.6. The minimum atomic E-state index is 0. The number of rotatable bonds is 1. The van der Waals surface area contributed by atoms with Crippen molar-refractivity contribution in [3.63, 3.8) is 0 Å². The Hall–Kier alpha value is 1.56. The molecule has 1 aliphatic rings. The van der Waals surface area contributed by atoms with Crippen molar-refractivity contribution in [1.82, 2.24) is 4.90 Å². The Morgan fingerprint density at radius 1 is 1.44 bits per heavy atom. The van der Waals surface area contributed by atoms with Crippen molar-refractivity contribution in [2.75, 3.05) is 27.2 Å². The SMILES string of the molecule is CN(C)C1CC[N-]C1.[K+]. The molecule has 1 heterocycles. The molecule has 1 atom stereocenters. The third-order valence-electron chi connectivity index (χ3n) is 1.69. The molecule has 2 nitrogen and oxygen atoms in total. The van der Waals surface area contributed by atoms with Crippen LogP contribution in [-0.4, -0.2) is 38.1 Å². The molecule has 48 valence electrons. The zero-order chi connectivity index (χ0) is 5.98. The molecule has 0 radical (unpaired) electrons. The zero-order valence-electron chi connectivity index (χ0n) is 6.59. The Morgan fingerprint density at radius 3 is 2.33 bits per heavy atom. The first-order valence-corrected chi connectivity index (χ1v) is 3.10. The number of nitrogens with zero attached hydrogens (tertiary/aromatic N) is 2. The molecule has 1 saturated heterocycles. The normalized spacial score (nSPS) is 26.3. The summed E-state index contributed by atoms with van der Waals surface area (Å²) in [6, 6.07) is 0.731. The molecule has 0 amide bonds. The molecular weight excluding hydrogens is 139 g/mol. The average molecular weight is 152 g/mol.